The lowest BCUT2D eigenvalue weighted by molar-refractivity contribution is 0.262. The molecule has 0 spiro atoms. The predicted octanol–water partition coefficient (Wildman–Crippen LogP) is 4.63. The minimum atomic E-state index is -0.338. The number of rotatable bonds is 3. The third-order valence-electron chi connectivity index (χ3n) is 4.27. The number of carbonyl (C=O) groups is 1. The van der Waals surface area contributed by atoms with E-state index in [2.05, 4.69) is 41.7 Å². The van der Waals surface area contributed by atoms with Crippen LogP contribution in [0.5, 0.6) is 0 Å². The van der Waals surface area contributed by atoms with Crippen molar-refractivity contribution in [3.05, 3.63) is 75.1 Å². The van der Waals surface area contributed by atoms with E-state index in [1.165, 1.54) is 0 Å². The molecule has 0 fully saturated rings. The number of pyridine rings is 1. The molecule has 4 N–H and O–H groups in total. The highest BCUT2D eigenvalue weighted by Crippen LogP contribution is 2.28. The third kappa shape index (κ3) is 3.67. The summed E-state index contributed by atoms with van der Waals surface area (Å²) < 4.78 is 0.883. The molecule has 28 heavy (non-hydrogen) atoms. The monoisotopic (exact) mass is 437 g/mol. The topological polar surface area (TPSA) is 103 Å². The smallest absolute Gasteiger partial charge is 0.308 e. The standard InChI is InChI=1S/C20H16BrN5O2/c1-11-18-16(10-17(27)24-19(18)26-25-11)12-5-7-14(8-6-12)22-20(28)23-15-4-2-3-13(21)9-15/h2-10H,1H3,(H2,22,23,28)(H2,24,25,26,27). The first-order valence-electron chi connectivity index (χ1n) is 8.51. The number of urea groups is 1. The van der Waals surface area contributed by atoms with E-state index in [1.54, 1.807) is 24.3 Å². The number of aromatic amines is 2. The van der Waals surface area contributed by atoms with Gasteiger partial charge in [-0.05, 0) is 48.4 Å². The van der Waals surface area contributed by atoms with Crippen LogP contribution < -0.4 is 16.2 Å². The zero-order chi connectivity index (χ0) is 19.7. The molecule has 0 aliphatic carbocycles. The Morgan fingerprint density at radius 1 is 1.04 bits per heavy atom. The molecule has 4 rings (SSSR count). The number of benzene rings is 2. The van der Waals surface area contributed by atoms with Gasteiger partial charge in [-0.1, -0.05) is 34.1 Å². The van der Waals surface area contributed by atoms with Crippen molar-refractivity contribution in [3.8, 4) is 11.1 Å². The largest absolute Gasteiger partial charge is 0.323 e. The van der Waals surface area contributed by atoms with Crippen molar-refractivity contribution in [1.82, 2.24) is 15.2 Å². The molecule has 0 atom stereocenters. The van der Waals surface area contributed by atoms with Gasteiger partial charge in [0.1, 0.15) is 0 Å². The van der Waals surface area contributed by atoms with Gasteiger partial charge < -0.3 is 15.6 Å². The van der Waals surface area contributed by atoms with Crippen LogP contribution in [-0.4, -0.2) is 21.2 Å². The van der Waals surface area contributed by atoms with Crippen molar-refractivity contribution in [2.45, 2.75) is 6.92 Å². The third-order valence-corrected chi connectivity index (χ3v) is 4.76. The van der Waals surface area contributed by atoms with Crippen LogP contribution in [0.4, 0.5) is 16.2 Å². The first-order valence-corrected chi connectivity index (χ1v) is 9.31. The van der Waals surface area contributed by atoms with E-state index >= 15 is 0 Å². The summed E-state index contributed by atoms with van der Waals surface area (Å²) in [6.07, 6.45) is 0. The van der Waals surface area contributed by atoms with Gasteiger partial charge in [-0.25, -0.2) is 4.79 Å². The number of nitrogens with zero attached hydrogens (tertiary/aromatic N) is 1. The van der Waals surface area contributed by atoms with Crippen LogP contribution in [0.3, 0.4) is 0 Å². The molecule has 7 nitrogen and oxygen atoms in total. The summed E-state index contributed by atoms with van der Waals surface area (Å²) in [4.78, 5) is 26.8. The quantitative estimate of drug-likeness (QED) is 0.375. The Hall–Kier alpha value is -3.39. The van der Waals surface area contributed by atoms with Gasteiger partial charge in [0, 0.05) is 33.0 Å². The molecule has 0 bridgehead atoms. The van der Waals surface area contributed by atoms with Crippen molar-refractivity contribution >= 4 is 44.4 Å². The molecule has 2 heterocycles. The Labute approximate surface area is 168 Å². The summed E-state index contributed by atoms with van der Waals surface area (Å²) in [5.41, 5.74) is 4.15. The number of hydrogen-bond donors (Lipinski definition) is 4. The average molecular weight is 438 g/mol. The fourth-order valence-electron chi connectivity index (χ4n) is 3.03. The van der Waals surface area contributed by atoms with E-state index in [1.807, 2.05) is 37.3 Å². The number of anilines is 2. The van der Waals surface area contributed by atoms with Crippen LogP contribution in [0, 0.1) is 6.92 Å². The highest BCUT2D eigenvalue weighted by Gasteiger charge is 2.11. The Bertz CT molecular complexity index is 1230. The highest BCUT2D eigenvalue weighted by atomic mass is 79.9. The van der Waals surface area contributed by atoms with Gasteiger partial charge in [0.2, 0.25) is 5.56 Å². The summed E-state index contributed by atoms with van der Waals surface area (Å²) in [7, 11) is 0. The van der Waals surface area contributed by atoms with Crippen molar-refractivity contribution in [2.75, 3.05) is 10.6 Å². The highest BCUT2D eigenvalue weighted by molar-refractivity contribution is 9.10. The van der Waals surface area contributed by atoms with Crippen molar-refractivity contribution in [1.29, 1.82) is 0 Å². The summed E-state index contributed by atoms with van der Waals surface area (Å²) in [6.45, 7) is 1.90. The van der Waals surface area contributed by atoms with Crippen molar-refractivity contribution in [3.63, 3.8) is 0 Å². The minimum absolute atomic E-state index is 0.218. The summed E-state index contributed by atoms with van der Waals surface area (Å²) in [5, 5.41) is 13.4. The lowest BCUT2D eigenvalue weighted by Crippen LogP contribution is -2.19. The maximum absolute atomic E-state index is 12.2. The molecule has 2 aromatic carbocycles. The van der Waals surface area contributed by atoms with Crippen LogP contribution in [0.25, 0.3) is 22.2 Å². The van der Waals surface area contributed by atoms with E-state index < -0.39 is 0 Å². The molecule has 0 unspecified atom stereocenters. The molecule has 8 heteroatoms. The number of fused-ring (bicyclic) bond motifs is 1. The molecule has 0 saturated carbocycles. The Balaban J connectivity index is 1.55. The predicted molar refractivity (Wildman–Crippen MR) is 114 cm³/mol. The van der Waals surface area contributed by atoms with Gasteiger partial charge in [0.15, 0.2) is 5.65 Å². The Morgan fingerprint density at radius 2 is 1.79 bits per heavy atom. The first kappa shape index (κ1) is 18.0. The fourth-order valence-corrected chi connectivity index (χ4v) is 3.42. The van der Waals surface area contributed by atoms with Crippen molar-refractivity contribution < 1.29 is 4.79 Å². The van der Waals surface area contributed by atoms with E-state index in [0.717, 1.165) is 26.7 Å². The zero-order valence-corrected chi connectivity index (χ0v) is 16.4. The second-order valence-electron chi connectivity index (χ2n) is 6.29. The number of aromatic nitrogens is 3. The first-order chi connectivity index (χ1) is 13.5. The van der Waals surface area contributed by atoms with Gasteiger partial charge in [0.05, 0.1) is 0 Å². The number of aryl methyl sites for hydroxylation is 1. The maximum Gasteiger partial charge on any atom is 0.323 e. The summed E-state index contributed by atoms with van der Waals surface area (Å²) >= 11 is 3.37. The van der Waals surface area contributed by atoms with Gasteiger partial charge in [-0.3, -0.25) is 9.89 Å². The number of nitrogens with one attached hydrogen (secondary N) is 4. The number of amides is 2. The molecule has 4 aromatic rings. The number of H-pyrrole nitrogens is 2. The van der Waals surface area contributed by atoms with Crippen LogP contribution in [0.2, 0.25) is 0 Å². The second-order valence-corrected chi connectivity index (χ2v) is 7.20. The fraction of sp³-hybridized carbons (Fsp3) is 0.0500. The minimum Gasteiger partial charge on any atom is -0.308 e. The number of hydrogen-bond acceptors (Lipinski definition) is 3. The van der Waals surface area contributed by atoms with Crippen LogP contribution in [0.15, 0.2) is 63.9 Å². The van der Waals surface area contributed by atoms with Gasteiger partial charge in [-0.15, -0.1) is 0 Å². The number of carbonyl (C=O) groups excluding carboxylic acids is 1. The SMILES string of the molecule is Cc1[nH]nc2[nH]c(=O)cc(-c3ccc(NC(=O)Nc4cccc(Br)c4)cc3)c12. The lowest BCUT2D eigenvalue weighted by atomic mass is 10.0. The molecule has 0 saturated heterocycles. The van der Waals surface area contributed by atoms with Gasteiger partial charge >= 0.3 is 6.03 Å². The van der Waals surface area contributed by atoms with E-state index in [0.29, 0.717) is 17.0 Å². The van der Waals surface area contributed by atoms with E-state index in [9.17, 15) is 9.59 Å². The Morgan fingerprint density at radius 3 is 2.54 bits per heavy atom. The van der Waals surface area contributed by atoms with Crippen LogP contribution in [0.1, 0.15) is 5.69 Å². The summed E-state index contributed by atoms with van der Waals surface area (Å²) in [5.74, 6) is 0. The molecule has 2 aromatic heterocycles. The Kier molecular flexibility index (Phi) is 4.70. The van der Waals surface area contributed by atoms with E-state index in [4.69, 9.17) is 0 Å². The van der Waals surface area contributed by atoms with Crippen molar-refractivity contribution in [2.24, 2.45) is 0 Å². The molecule has 0 aliphatic rings. The van der Waals surface area contributed by atoms with Gasteiger partial charge in [-0.2, -0.15) is 5.10 Å². The molecular formula is C20H16BrN5O2. The molecule has 2 amide bonds. The molecule has 0 radical (unpaired) electrons. The summed E-state index contributed by atoms with van der Waals surface area (Å²) in [6, 6.07) is 15.8. The zero-order valence-electron chi connectivity index (χ0n) is 14.8. The number of halogens is 1. The average Bonchev–Trinajstić information content (AvgIpc) is 3.02. The molecule has 140 valence electrons. The van der Waals surface area contributed by atoms with E-state index in [-0.39, 0.29) is 11.6 Å². The maximum atomic E-state index is 12.2. The molecular weight excluding hydrogens is 422 g/mol. The lowest BCUT2D eigenvalue weighted by Gasteiger charge is -2.09. The normalized spacial score (nSPS) is 10.8. The molecule has 0 aliphatic heterocycles. The second kappa shape index (κ2) is 7.32. The van der Waals surface area contributed by atoms with Crippen LogP contribution >= 0.6 is 15.9 Å². The van der Waals surface area contributed by atoms with Crippen LogP contribution in [-0.2, 0) is 0 Å². The van der Waals surface area contributed by atoms with Gasteiger partial charge in [0.25, 0.3) is 0 Å².